The first-order valence-corrected chi connectivity index (χ1v) is 8.46. The predicted octanol–water partition coefficient (Wildman–Crippen LogP) is 2.19. The van der Waals surface area contributed by atoms with Crippen LogP contribution in [0.5, 0.6) is 0 Å². The summed E-state index contributed by atoms with van der Waals surface area (Å²) in [6.45, 7) is 10.4. The number of fused-ring (bicyclic) bond motifs is 1. The fourth-order valence-corrected chi connectivity index (χ4v) is 3.12. The normalized spacial score (nSPS) is 34.2. The molecule has 1 saturated heterocycles. The molecule has 0 saturated carbocycles. The van der Waals surface area contributed by atoms with E-state index in [0.29, 0.717) is 16.7 Å². The number of hydrogen-bond acceptors (Lipinski definition) is 6. The Balaban J connectivity index is 2.49. The SMILES string of the molecule is C=C1C(=O)OC2C(O)/C(C)=C\C(=O)/C=C(/C)CC(OC(=O)/C(C)=C/C)C12. The predicted molar refractivity (Wildman–Crippen MR) is 95.0 cm³/mol. The van der Waals surface area contributed by atoms with Crippen LogP contribution in [0.2, 0.25) is 0 Å². The molecular weight excluding hydrogens is 336 g/mol. The molecule has 140 valence electrons. The van der Waals surface area contributed by atoms with E-state index in [2.05, 4.69) is 6.58 Å². The van der Waals surface area contributed by atoms with E-state index in [1.165, 1.54) is 12.2 Å². The first kappa shape index (κ1) is 19.8. The number of aliphatic hydroxyl groups is 1. The molecule has 0 spiro atoms. The molecule has 4 atom stereocenters. The quantitative estimate of drug-likeness (QED) is 0.600. The fraction of sp³-hybridized carbons (Fsp3) is 0.450. The van der Waals surface area contributed by atoms with E-state index in [-0.39, 0.29) is 17.8 Å². The number of rotatable bonds is 2. The van der Waals surface area contributed by atoms with E-state index >= 15 is 0 Å². The van der Waals surface area contributed by atoms with Crippen LogP contribution in [0.15, 0.2) is 47.1 Å². The number of aliphatic hydroxyl groups excluding tert-OH is 1. The van der Waals surface area contributed by atoms with Gasteiger partial charge in [-0.25, -0.2) is 9.59 Å². The van der Waals surface area contributed by atoms with Crippen LogP contribution in [0, 0.1) is 5.92 Å². The number of esters is 2. The lowest BCUT2D eigenvalue weighted by atomic mass is 9.83. The summed E-state index contributed by atoms with van der Waals surface area (Å²) in [6, 6.07) is 0. The molecule has 0 aromatic heterocycles. The van der Waals surface area contributed by atoms with Gasteiger partial charge < -0.3 is 14.6 Å². The molecular formula is C20H24O6. The number of hydrogen-bond donors (Lipinski definition) is 1. The van der Waals surface area contributed by atoms with Crippen LogP contribution in [-0.2, 0) is 23.9 Å². The molecule has 1 aliphatic carbocycles. The van der Waals surface area contributed by atoms with Gasteiger partial charge in [0.1, 0.15) is 18.3 Å². The van der Waals surface area contributed by atoms with E-state index in [1.54, 1.807) is 33.8 Å². The molecule has 0 aromatic carbocycles. The molecule has 2 aliphatic rings. The lowest BCUT2D eigenvalue weighted by Gasteiger charge is -2.30. The van der Waals surface area contributed by atoms with Crippen LogP contribution in [0.4, 0.5) is 0 Å². The van der Waals surface area contributed by atoms with Gasteiger partial charge in [0.25, 0.3) is 0 Å². The second-order valence-electron chi connectivity index (χ2n) is 6.77. The van der Waals surface area contributed by atoms with Crippen LogP contribution in [0.25, 0.3) is 0 Å². The highest BCUT2D eigenvalue weighted by atomic mass is 16.6. The molecule has 1 N–H and O–H groups in total. The van der Waals surface area contributed by atoms with Gasteiger partial charge in [-0.15, -0.1) is 0 Å². The van der Waals surface area contributed by atoms with Crippen molar-refractivity contribution in [1.29, 1.82) is 0 Å². The van der Waals surface area contributed by atoms with Gasteiger partial charge in [0.15, 0.2) is 5.78 Å². The fourth-order valence-electron chi connectivity index (χ4n) is 3.12. The molecule has 0 aromatic rings. The van der Waals surface area contributed by atoms with Gasteiger partial charge in [0, 0.05) is 17.6 Å². The topological polar surface area (TPSA) is 89.9 Å². The van der Waals surface area contributed by atoms with Crippen molar-refractivity contribution in [3.05, 3.63) is 47.1 Å². The second-order valence-corrected chi connectivity index (χ2v) is 6.77. The maximum absolute atomic E-state index is 12.3. The number of carbonyl (C=O) groups excluding carboxylic acids is 3. The van der Waals surface area contributed by atoms with Gasteiger partial charge in [-0.1, -0.05) is 18.2 Å². The van der Waals surface area contributed by atoms with Crippen LogP contribution >= 0.6 is 0 Å². The summed E-state index contributed by atoms with van der Waals surface area (Å²) in [5, 5.41) is 10.6. The minimum atomic E-state index is -1.19. The maximum Gasteiger partial charge on any atom is 0.334 e. The standard InChI is InChI=1S/C20H24O6/c1-6-11(3)19(23)25-15-8-10(2)7-14(21)9-12(4)17(22)18-16(15)13(5)20(24)26-18/h6-7,9,15-18,22H,5,8H2,1-4H3/b10-7-,11-6+,12-9-. The smallest absolute Gasteiger partial charge is 0.334 e. The lowest BCUT2D eigenvalue weighted by Crippen LogP contribution is -2.41. The average molecular weight is 360 g/mol. The number of allylic oxidation sites excluding steroid dienone is 3. The van der Waals surface area contributed by atoms with Gasteiger partial charge in [-0.05, 0) is 45.4 Å². The van der Waals surface area contributed by atoms with Gasteiger partial charge >= 0.3 is 11.9 Å². The van der Waals surface area contributed by atoms with Crippen LogP contribution in [-0.4, -0.2) is 41.1 Å². The second kappa shape index (κ2) is 7.83. The van der Waals surface area contributed by atoms with Crippen LogP contribution in [0.3, 0.4) is 0 Å². The van der Waals surface area contributed by atoms with E-state index < -0.39 is 36.2 Å². The molecule has 6 heteroatoms. The van der Waals surface area contributed by atoms with E-state index in [0.717, 1.165) is 0 Å². The van der Waals surface area contributed by atoms with Gasteiger partial charge in [-0.2, -0.15) is 0 Å². The Morgan fingerprint density at radius 3 is 2.62 bits per heavy atom. The molecule has 1 fully saturated rings. The van der Waals surface area contributed by atoms with Gasteiger partial charge in [-0.3, -0.25) is 4.79 Å². The molecule has 0 bridgehead atoms. The Hall–Kier alpha value is -2.47. The largest absolute Gasteiger partial charge is 0.458 e. The van der Waals surface area contributed by atoms with Crippen LogP contribution < -0.4 is 0 Å². The number of ether oxygens (including phenoxy) is 2. The monoisotopic (exact) mass is 360 g/mol. The Labute approximate surface area is 152 Å². The summed E-state index contributed by atoms with van der Waals surface area (Å²) in [6.07, 6.45) is 1.66. The Morgan fingerprint density at radius 2 is 2.00 bits per heavy atom. The molecule has 1 aliphatic heterocycles. The summed E-state index contributed by atoms with van der Waals surface area (Å²) in [5.41, 5.74) is 1.63. The zero-order valence-electron chi connectivity index (χ0n) is 15.4. The molecule has 0 radical (unpaired) electrons. The van der Waals surface area contributed by atoms with Crippen molar-refractivity contribution >= 4 is 17.7 Å². The first-order chi connectivity index (χ1) is 12.1. The van der Waals surface area contributed by atoms with Crippen molar-refractivity contribution in [2.75, 3.05) is 0 Å². The molecule has 6 nitrogen and oxygen atoms in total. The third-order valence-electron chi connectivity index (χ3n) is 4.74. The molecule has 26 heavy (non-hydrogen) atoms. The Kier molecular flexibility index (Phi) is 5.97. The number of carbonyl (C=O) groups is 3. The first-order valence-electron chi connectivity index (χ1n) is 8.46. The summed E-state index contributed by atoms with van der Waals surface area (Å²) >= 11 is 0. The molecule has 4 unspecified atom stereocenters. The zero-order valence-corrected chi connectivity index (χ0v) is 15.4. The van der Waals surface area contributed by atoms with Crippen molar-refractivity contribution in [1.82, 2.24) is 0 Å². The minimum Gasteiger partial charge on any atom is -0.458 e. The Morgan fingerprint density at radius 1 is 1.35 bits per heavy atom. The lowest BCUT2D eigenvalue weighted by molar-refractivity contribution is -0.150. The summed E-state index contributed by atoms with van der Waals surface area (Å²) in [5.74, 6) is -2.15. The summed E-state index contributed by atoms with van der Waals surface area (Å²) < 4.78 is 10.9. The third kappa shape index (κ3) is 4.02. The molecule has 2 rings (SSSR count). The highest BCUT2D eigenvalue weighted by Gasteiger charge is 2.48. The maximum atomic E-state index is 12.3. The highest BCUT2D eigenvalue weighted by Crippen LogP contribution is 2.37. The van der Waals surface area contributed by atoms with Gasteiger partial charge in [0.05, 0.1) is 5.92 Å². The molecule has 1 heterocycles. The zero-order chi connectivity index (χ0) is 19.6. The highest BCUT2D eigenvalue weighted by molar-refractivity contribution is 6.00. The average Bonchev–Trinajstić information content (AvgIpc) is 2.86. The van der Waals surface area contributed by atoms with Crippen molar-refractivity contribution < 1.29 is 29.0 Å². The Bertz CT molecular complexity index is 739. The summed E-state index contributed by atoms with van der Waals surface area (Å²) in [7, 11) is 0. The summed E-state index contributed by atoms with van der Waals surface area (Å²) in [4.78, 5) is 36.4. The van der Waals surface area contributed by atoms with Gasteiger partial charge in [0.2, 0.25) is 0 Å². The van der Waals surface area contributed by atoms with Crippen LogP contribution in [0.1, 0.15) is 34.1 Å². The van der Waals surface area contributed by atoms with E-state index in [9.17, 15) is 19.5 Å². The van der Waals surface area contributed by atoms with Crippen molar-refractivity contribution in [3.8, 4) is 0 Å². The van der Waals surface area contributed by atoms with Crippen molar-refractivity contribution in [2.45, 2.75) is 52.4 Å². The minimum absolute atomic E-state index is 0.150. The number of ketones is 1. The molecule has 0 amide bonds. The van der Waals surface area contributed by atoms with E-state index in [1.807, 2.05) is 0 Å². The van der Waals surface area contributed by atoms with E-state index in [4.69, 9.17) is 9.47 Å². The van der Waals surface area contributed by atoms with Crippen molar-refractivity contribution in [2.24, 2.45) is 5.92 Å². The van der Waals surface area contributed by atoms with Crippen molar-refractivity contribution in [3.63, 3.8) is 0 Å². The third-order valence-corrected chi connectivity index (χ3v) is 4.74.